The van der Waals surface area contributed by atoms with E-state index < -0.39 is 0 Å². The third-order valence-corrected chi connectivity index (χ3v) is 6.99. The molecule has 0 radical (unpaired) electrons. The minimum Gasteiger partial charge on any atom is -0.491 e. The summed E-state index contributed by atoms with van der Waals surface area (Å²) in [6.45, 7) is 0.173. The molecule has 4 rings (SSSR count). The van der Waals surface area contributed by atoms with Crippen LogP contribution in [-0.4, -0.2) is 36.6 Å². The molecule has 4 nitrogen and oxygen atoms in total. The smallest absolute Gasteiger partial charge is 0.143 e. The molecule has 0 aliphatic heterocycles. The summed E-state index contributed by atoms with van der Waals surface area (Å²) >= 11 is 7.37. The Labute approximate surface area is 191 Å². The van der Waals surface area contributed by atoms with E-state index in [1.54, 1.807) is 0 Å². The molecule has 0 heterocycles. The molecule has 0 saturated carbocycles. The highest BCUT2D eigenvalue weighted by atomic mass is 79.9. The lowest BCUT2D eigenvalue weighted by molar-refractivity contribution is 0.200. The summed E-state index contributed by atoms with van der Waals surface area (Å²) < 4.78 is 13.6. The van der Waals surface area contributed by atoms with Crippen LogP contribution >= 0.6 is 31.9 Å². The van der Waals surface area contributed by atoms with Gasteiger partial charge in [0.05, 0.1) is 17.7 Å². The fourth-order valence-electron chi connectivity index (χ4n) is 3.66. The summed E-state index contributed by atoms with van der Waals surface area (Å²) in [4.78, 5) is 0. The molecule has 2 N–H and O–H groups in total. The van der Waals surface area contributed by atoms with Crippen molar-refractivity contribution in [3.05, 3.63) is 69.6 Å². The van der Waals surface area contributed by atoms with Crippen LogP contribution in [0.2, 0.25) is 0 Å². The van der Waals surface area contributed by atoms with Crippen LogP contribution in [0.5, 0.6) is 11.5 Å². The maximum Gasteiger partial charge on any atom is 0.143 e. The summed E-state index contributed by atoms with van der Waals surface area (Å²) in [7, 11) is 0. The van der Waals surface area contributed by atoms with Crippen LogP contribution < -0.4 is 9.47 Å². The molecular weight excluding hydrogens is 512 g/mol. The first-order valence-corrected chi connectivity index (χ1v) is 11.1. The van der Waals surface area contributed by atoms with E-state index in [1.807, 2.05) is 48.5 Å². The monoisotopic (exact) mass is 530 g/mol. The van der Waals surface area contributed by atoms with Gasteiger partial charge in [0.15, 0.2) is 0 Å². The number of rotatable bonds is 7. The van der Waals surface area contributed by atoms with Crippen LogP contribution in [0.25, 0.3) is 32.7 Å². The van der Waals surface area contributed by atoms with Crippen molar-refractivity contribution >= 4 is 53.4 Å². The van der Waals surface area contributed by atoms with Crippen molar-refractivity contribution in [2.45, 2.75) is 0 Å². The minimum absolute atomic E-state index is 0.0785. The Morgan fingerprint density at radius 2 is 1.27 bits per heavy atom. The normalized spacial score (nSPS) is 11.2. The average Bonchev–Trinajstić information content (AvgIpc) is 2.79. The third-order valence-electron chi connectivity index (χ3n) is 4.88. The van der Waals surface area contributed by atoms with Crippen LogP contribution in [0.4, 0.5) is 0 Å². The van der Waals surface area contributed by atoms with Crippen LogP contribution in [0.1, 0.15) is 0 Å². The van der Waals surface area contributed by atoms with Crippen LogP contribution in [-0.2, 0) is 0 Å². The van der Waals surface area contributed by atoms with Gasteiger partial charge in [-0.2, -0.15) is 0 Å². The number of halogens is 2. The standard InChI is InChI=1S/C24H20Br2O4/c25-22-18-8-4-3-7-17(18)21(24(23(22)26)30-14-12-28)20-16-6-2-1-5-15(16)9-10-19(20)29-13-11-27/h1-10,27-28H,11-14H2. The van der Waals surface area contributed by atoms with Crippen LogP contribution in [0.3, 0.4) is 0 Å². The van der Waals surface area contributed by atoms with Gasteiger partial charge in [0.2, 0.25) is 0 Å². The predicted octanol–water partition coefficient (Wildman–Crippen LogP) is 5.93. The molecule has 0 aliphatic carbocycles. The van der Waals surface area contributed by atoms with Gasteiger partial charge in [0, 0.05) is 15.6 Å². The number of hydrogen-bond acceptors (Lipinski definition) is 4. The molecule has 0 atom stereocenters. The van der Waals surface area contributed by atoms with Gasteiger partial charge in [-0.25, -0.2) is 0 Å². The zero-order chi connectivity index (χ0) is 21.1. The molecule has 4 aromatic carbocycles. The van der Waals surface area contributed by atoms with Crippen molar-refractivity contribution in [3.63, 3.8) is 0 Å². The van der Waals surface area contributed by atoms with Gasteiger partial charge in [0.1, 0.15) is 24.7 Å². The predicted molar refractivity (Wildman–Crippen MR) is 127 cm³/mol. The maximum absolute atomic E-state index is 9.40. The first-order chi connectivity index (χ1) is 14.7. The first kappa shape index (κ1) is 21.1. The zero-order valence-electron chi connectivity index (χ0n) is 16.1. The number of benzene rings is 4. The van der Waals surface area contributed by atoms with Gasteiger partial charge in [-0.15, -0.1) is 0 Å². The summed E-state index contributed by atoms with van der Waals surface area (Å²) in [5.74, 6) is 1.29. The lowest BCUT2D eigenvalue weighted by Gasteiger charge is -2.21. The molecule has 154 valence electrons. The average molecular weight is 532 g/mol. The molecule has 0 unspecified atom stereocenters. The quantitative estimate of drug-likeness (QED) is 0.310. The second-order valence-electron chi connectivity index (χ2n) is 6.68. The second-order valence-corrected chi connectivity index (χ2v) is 8.27. The van der Waals surface area contributed by atoms with Crippen molar-refractivity contribution in [2.24, 2.45) is 0 Å². The molecule has 4 aromatic rings. The Balaban J connectivity index is 2.15. The van der Waals surface area contributed by atoms with Gasteiger partial charge in [0.25, 0.3) is 0 Å². The topological polar surface area (TPSA) is 58.9 Å². The Hall–Kier alpha value is -2.12. The van der Waals surface area contributed by atoms with E-state index in [9.17, 15) is 10.2 Å². The SMILES string of the molecule is OCCOc1ccc2ccccc2c1-c1c(OCCO)c(Br)c(Br)c2ccccc12. The van der Waals surface area contributed by atoms with Gasteiger partial charge < -0.3 is 19.7 Å². The number of aliphatic hydroxyl groups is 2. The Kier molecular flexibility index (Phi) is 6.58. The highest BCUT2D eigenvalue weighted by Crippen LogP contribution is 2.51. The van der Waals surface area contributed by atoms with E-state index in [2.05, 4.69) is 44.0 Å². The van der Waals surface area contributed by atoms with Crippen molar-refractivity contribution in [3.8, 4) is 22.6 Å². The number of ether oxygens (including phenoxy) is 2. The van der Waals surface area contributed by atoms with Crippen molar-refractivity contribution in [1.82, 2.24) is 0 Å². The molecule has 6 heteroatoms. The Morgan fingerprint density at radius 3 is 2.00 bits per heavy atom. The fourth-order valence-corrected chi connectivity index (χ4v) is 4.71. The highest BCUT2D eigenvalue weighted by Gasteiger charge is 2.23. The number of hydrogen-bond donors (Lipinski definition) is 2. The molecule has 0 amide bonds. The Morgan fingerprint density at radius 1 is 0.633 bits per heavy atom. The molecule has 0 fully saturated rings. The minimum atomic E-state index is -0.0975. The molecule has 0 saturated heterocycles. The van der Waals surface area contributed by atoms with E-state index in [0.717, 1.165) is 41.6 Å². The van der Waals surface area contributed by atoms with Crippen molar-refractivity contribution < 1.29 is 19.7 Å². The van der Waals surface area contributed by atoms with Gasteiger partial charge >= 0.3 is 0 Å². The summed E-state index contributed by atoms with van der Waals surface area (Å²) in [5, 5.41) is 22.8. The number of aliphatic hydroxyl groups excluding tert-OH is 2. The Bertz CT molecular complexity index is 1210. The highest BCUT2D eigenvalue weighted by molar-refractivity contribution is 9.13. The molecule has 30 heavy (non-hydrogen) atoms. The molecule has 0 spiro atoms. The summed E-state index contributed by atoms with van der Waals surface area (Å²) in [6.07, 6.45) is 0. The first-order valence-electron chi connectivity index (χ1n) is 9.56. The summed E-state index contributed by atoms with van der Waals surface area (Å²) in [5.41, 5.74) is 1.76. The molecular formula is C24H20Br2O4. The van der Waals surface area contributed by atoms with E-state index in [4.69, 9.17) is 9.47 Å². The lowest BCUT2D eigenvalue weighted by Crippen LogP contribution is -2.06. The zero-order valence-corrected chi connectivity index (χ0v) is 19.2. The number of fused-ring (bicyclic) bond motifs is 2. The third kappa shape index (κ3) is 3.81. The van der Waals surface area contributed by atoms with Gasteiger partial charge in [-0.1, -0.05) is 54.6 Å². The van der Waals surface area contributed by atoms with E-state index >= 15 is 0 Å². The van der Waals surface area contributed by atoms with E-state index in [1.165, 1.54) is 0 Å². The van der Waals surface area contributed by atoms with E-state index in [-0.39, 0.29) is 26.4 Å². The molecule has 0 bridgehead atoms. The fraction of sp³-hybridized carbons (Fsp3) is 0.167. The van der Waals surface area contributed by atoms with Crippen LogP contribution in [0, 0.1) is 0 Å². The molecule has 0 aliphatic rings. The second kappa shape index (κ2) is 9.35. The maximum atomic E-state index is 9.40. The molecule has 0 aromatic heterocycles. The van der Waals surface area contributed by atoms with Crippen LogP contribution in [0.15, 0.2) is 69.6 Å². The largest absolute Gasteiger partial charge is 0.491 e. The van der Waals surface area contributed by atoms with Gasteiger partial charge in [-0.3, -0.25) is 0 Å². The van der Waals surface area contributed by atoms with Gasteiger partial charge in [-0.05, 0) is 59.5 Å². The summed E-state index contributed by atoms with van der Waals surface area (Å²) in [6, 6.07) is 20.1. The van der Waals surface area contributed by atoms with Crippen molar-refractivity contribution in [2.75, 3.05) is 26.4 Å². The lowest BCUT2D eigenvalue weighted by atomic mass is 9.92. The van der Waals surface area contributed by atoms with Crippen molar-refractivity contribution in [1.29, 1.82) is 0 Å². The van der Waals surface area contributed by atoms with E-state index in [0.29, 0.717) is 11.5 Å².